The standard InChI is InChI=1S/C21H20Cl2N2O4/c1-12-3-6-18(13(2)7-12)25-10-14(8-20(25)27)21(28)29-11-19(26)24-17-9-15(22)4-5-16(17)23/h3-7,9,14H,8,10-11H2,1-2H3,(H,24,26)/t14-/m1/s1. The third-order valence-electron chi connectivity index (χ3n) is 4.65. The van der Waals surface area contributed by atoms with E-state index in [1.165, 1.54) is 6.07 Å². The van der Waals surface area contributed by atoms with Crippen molar-refractivity contribution < 1.29 is 19.1 Å². The van der Waals surface area contributed by atoms with Crippen LogP contribution in [0.1, 0.15) is 17.5 Å². The van der Waals surface area contributed by atoms with Gasteiger partial charge in [0.05, 0.1) is 16.6 Å². The summed E-state index contributed by atoms with van der Waals surface area (Å²) in [6.07, 6.45) is 0.0495. The minimum atomic E-state index is -0.620. The van der Waals surface area contributed by atoms with Crippen LogP contribution in [-0.4, -0.2) is 30.9 Å². The Morgan fingerprint density at radius 3 is 2.66 bits per heavy atom. The number of halogens is 2. The number of nitrogens with zero attached hydrogens (tertiary/aromatic N) is 1. The fourth-order valence-corrected chi connectivity index (χ4v) is 3.58. The maximum Gasteiger partial charge on any atom is 0.311 e. The second-order valence-corrected chi connectivity index (χ2v) is 7.82. The Balaban J connectivity index is 1.56. The molecule has 2 amide bonds. The number of anilines is 2. The Morgan fingerprint density at radius 1 is 1.17 bits per heavy atom. The number of hydrogen-bond acceptors (Lipinski definition) is 4. The van der Waals surface area contributed by atoms with E-state index in [9.17, 15) is 14.4 Å². The van der Waals surface area contributed by atoms with Gasteiger partial charge in [-0.2, -0.15) is 0 Å². The fourth-order valence-electron chi connectivity index (χ4n) is 3.24. The Labute approximate surface area is 178 Å². The number of carbonyl (C=O) groups excluding carboxylic acids is 3. The molecule has 0 aromatic heterocycles. The molecule has 1 N–H and O–H groups in total. The van der Waals surface area contributed by atoms with Gasteiger partial charge in [0.1, 0.15) is 0 Å². The topological polar surface area (TPSA) is 75.7 Å². The summed E-state index contributed by atoms with van der Waals surface area (Å²) in [4.78, 5) is 38.4. The SMILES string of the molecule is Cc1ccc(N2C[C@H](C(=O)OCC(=O)Nc3cc(Cl)ccc3Cl)CC2=O)c(C)c1. The Kier molecular flexibility index (Phi) is 6.45. The predicted molar refractivity (Wildman–Crippen MR) is 112 cm³/mol. The first-order valence-electron chi connectivity index (χ1n) is 9.03. The molecule has 29 heavy (non-hydrogen) atoms. The highest BCUT2D eigenvalue weighted by atomic mass is 35.5. The van der Waals surface area contributed by atoms with Gasteiger partial charge in [0, 0.05) is 23.7 Å². The van der Waals surface area contributed by atoms with Crippen molar-refractivity contribution in [1.82, 2.24) is 0 Å². The summed E-state index contributed by atoms with van der Waals surface area (Å²) in [6.45, 7) is 3.65. The maximum atomic E-state index is 12.4. The van der Waals surface area contributed by atoms with Gasteiger partial charge in [-0.25, -0.2) is 0 Å². The number of rotatable bonds is 5. The van der Waals surface area contributed by atoms with Crippen molar-refractivity contribution in [3.8, 4) is 0 Å². The van der Waals surface area contributed by atoms with Gasteiger partial charge in [0.2, 0.25) is 5.91 Å². The summed E-state index contributed by atoms with van der Waals surface area (Å²) >= 11 is 11.9. The highest BCUT2D eigenvalue weighted by molar-refractivity contribution is 6.35. The molecule has 0 radical (unpaired) electrons. The number of hydrogen-bond donors (Lipinski definition) is 1. The molecular weight excluding hydrogens is 415 g/mol. The fraction of sp³-hybridized carbons (Fsp3) is 0.286. The molecule has 1 fully saturated rings. The number of nitrogens with one attached hydrogen (secondary N) is 1. The number of ether oxygens (including phenoxy) is 1. The van der Waals surface area contributed by atoms with Crippen molar-refractivity contribution in [2.45, 2.75) is 20.3 Å². The van der Waals surface area contributed by atoms with Crippen molar-refractivity contribution >= 4 is 52.4 Å². The normalized spacial score (nSPS) is 16.1. The highest BCUT2D eigenvalue weighted by Gasteiger charge is 2.36. The van der Waals surface area contributed by atoms with E-state index in [1.54, 1.807) is 17.0 Å². The Bertz CT molecular complexity index is 977. The van der Waals surface area contributed by atoms with Crippen LogP contribution < -0.4 is 10.2 Å². The van der Waals surface area contributed by atoms with Gasteiger partial charge >= 0.3 is 5.97 Å². The van der Waals surface area contributed by atoms with Crippen molar-refractivity contribution in [3.63, 3.8) is 0 Å². The van der Waals surface area contributed by atoms with Gasteiger partial charge in [0.15, 0.2) is 6.61 Å². The van der Waals surface area contributed by atoms with Crippen LogP contribution >= 0.6 is 23.2 Å². The van der Waals surface area contributed by atoms with E-state index in [-0.39, 0.29) is 18.9 Å². The smallest absolute Gasteiger partial charge is 0.311 e. The summed E-state index contributed by atoms with van der Waals surface area (Å²) in [5.74, 6) is -1.89. The summed E-state index contributed by atoms with van der Waals surface area (Å²) in [5.41, 5.74) is 3.17. The molecule has 0 unspecified atom stereocenters. The summed E-state index contributed by atoms with van der Waals surface area (Å²) < 4.78 is 5.11. The van der Waals surface area contributed by atoms with E-state index in [0.29, 0.717) is 15.7 Å². The zero-order valence-corrected chi connectivity index (χ0v) is 17.5. The van der Waals surface area contributed by atoms with E-state index < -0.39 is 24.4 Å². The first-order valence-corrected chi connectivity index (χ1v) is 9.79. The van der Waals surface area contributed by atoms with Crippen LogP contribution in [-0.2, 0) is 19.1 Å². The number of esters is 1. The Morgan fingerprint density at radius 2 is 1.93 bits per heavy atom. The number of carbonyl (C=O) groups is 3. The highest BCUT2D eigenvalue weighted by Crippen LogP contribution is 2.29. The summed E-state index contributed by atoms with van der Waals surface area (Å²) in [6, 6.07) is 10.4. The molecule has 1 heterocycles. The van der Waals surface area contributed by atoms with Gasteiger partial charge in [-0.3, -0.25) is 14.4 Å². The molecule has 1 saturated heterocycles. The van der Waals surface area contributed by atoms with Crippen LogP contribution in [0.5, 0.6) is 0 Å². The Hall–Kier alpha value is -2.57. The zero-order chi connectivity index (χ0) is 21.1. The number of amides is 2. The molecule has 2 aromatic rings. The lowest BCUT2D eigenvalue weighted by molar-refractivity contribution is -0.151. The minimum Gasteiger partial charge on any atom is -0.455 e. The monoisotopic (exact) mass is 434 g/mol. The van der Waals surface area contributed by atoms with Gasteiger partial charge in [-0.15, -0.1) is 0 Å². The van der Waals surface area contributed by atoms with Crippen LogP contribution in [0.3, 0.4) is 0 Å². The average Bonchev–Trinajstić information content (AvgIpc) is 3.04. The number of aryl methyl sites for hydroxylation is 2. The molecule has 1 aliphatic rings. The largest absolute Gasteiger partial charge is 0.455 e. The molecule has 3 rings (SSSR count). The summed E-state index contributed by atoms with van der Waals surface area (Å²) in [5, 5.41) is 3.28. The zero-order valence-electron chi connectivity index (χ0n) is 16.0. The molecule has 2 aromatic carbocycles. The molecule has 152 valence electrons. The van der Waals surface area contributed by atoms with E-state index in [4.69, 9.17) is 27.9 Å². The minimum absolute atomic E-state index is 0.0495. The van der Waals surface area contributed by atoms with Crippen LogP contribution in [0.15, 0.2) is 36.4 Å². The number of benzene rings is 2. The van der Waals surface area contributed by atoms with Gasteiger partial charge < -0.3 is 15.0 Å². The molecule has 6 nitrogen and oxygen atoms in total. The molecule has 0 bridgehead atoms. The van der Waals surface area contributed by atoms with Crippen molar-refractivity contribution in [1.29, 1.82) is 0 Å². The first-order chi connectivity index (χ1) is 13.7. The molecule has 1 aliphatic heterocycles. The van der Waals surface area contributed by atoms with E-state index in [2.05, 4.69) is 5.32 Å². The third-order valence-corrected chi connectivity index (χ3v) is 5.21. The van der Waals surface area contributed by atoms with E-state index >= 15 is 0 Å². The van der Waals surface area contributed by atoms with Crippen LogP contribution in [0.25, 0.3) is 0 Å². The van der Waals surface area contributed by atoms with Gasteiger partial charge in [0.25, 0.3) is 5.91 Å². The third kappa shape index (κ3) is 5.08. The van der Waals surface area contributed by atoms with Crippen molar-refractivity contribution in [3.05, 3.63) is 57.6 Å². The first kappa shape index (κ1) is 21.1. The van der Waals surface area contributed by atoms with E-state index in [1.807, 2.05) is 32.0 Å². The van der Waals surface area contributed by atoms with Crippen LogP contribution in [0.4, 0.5) is 11.4 Å². The van der Waals surface area contributed by atoms with Crippen molar-refractivity contribution in [2.75, 3.05) is 23.4 Å². The molecule has 1 atom stereocenters. The molecule has 0 aliphatic carbocycles. The lowest BCUT2D eigenvalue weighted by atomic mass is 10.1. The maximum absolute atomic E-state index is 12.4. The predicted octanol–water partition coefficient (Wildman–Crippen LogP) is 4.15. The summed E-state index contributed by atoms with van der Waals surface area (Å²) in [7, 11) is 0. The van der Waals surface area contributed by atoms with Crippen LogP contribution in [0, 0.1) is 19.8 Å². The second-order valence-electron chi connectivity index (χ2n) is 6.98. The quantitative estimate of drug-likeness (QED) is 0.717. The van der Waals surface area contributed by atoms with Crippen molar-refractivity contribution in [2.24, 2.45) is 5.92 Å². The molecular formula is C21H20Cl2N2O4. The molecule has 8 heteroatoms. The molecule has 0 saturated carbocycles. The van der Waals surface area contributed by atoms with Gasteiger partial charge in [-0.05, 0) is 43.7 Å². The van der Waals surface area contributed by atoms with Crippen LogP contribution in [0.2, 0.25) is 10.0 Å². The van der Waals surface area contributed by atoms with E-state index in [0.717, 1.165) is 16.8 Å². The lowest BCUT2D eigenvalue weighted by Gasteiger charge is -2.19. The van der Waals surface area contributed by atoms with Gasteiger partial charge in [-0.1, -0.05) is 40.9 Å². The second kappa shape index (κ2) is 8.84. The average molecular weight is 435 g/mol. The lowest BCUT2D eigenvalue weighted by Crippen LogP contribution is -2.28. The molecule has 0 spiro atoms.